The molecule has 0 aromatic carbocycles. The molecule has 98 valence electrons. The van der Waals surface area contributed by atoms with E-state index in [4.69, 9.17) is 5.11 Å². The minimum atomic E-state index is -1.03. The van der Waals surface area contributed by atoms with Gasteiger partial charge in [0.25, 0.3) is 5.56 Å². The zero-order chi connectivity index (χ0) is 13.7. The number of hydrogen-bond acceptors (Lipinski definition) is 3. The number of nitrogens with zero attached hydrogens (tertiary/aromatic N) is 2. The number of hydrogen-bond donors (Lipinski definition) is 1. The number of aromatic nitrogens is 2. The first kappa shape index (κ1) is 14.0. The molecule has 0 amide bonds. The van der Waals surface area contributed by atoms with Gasteiger partial charge in [0.15, 0.2) is 0 Å². The maximum Gasteiger partial charge on any atom is 0.331 e. The maximum absolute atomic E-state index is 11.8. The van der Waals surface area contributed by atoms with Gasteiger partial charge in [-0.15, -0.1) is 0 Å². The lowest BCUT2D eigenvalue weighted by molar-refractivity contribution is -0.132. The number of allylic oxidation sites excluding steroid dienone is 1. The molecule has 0 saturated heterocycles. The first-order chi connectivity index (χ1) is 8.51. The molecule has 0 bridgehead atoms. The van der Waals surface area contributed by atoms with Crippen LogP contribution in [0.2, 0.25) is 0 Å². The first-order valence-electron chi connectivity index (χ1n) is 5.73. The van der Waals surface area contributed by atoms with Gasteiger partial charge in [0.1, 0.15) is 0 Å². The lowest BCUT2D eigenvalue weighted by Crippen LogP contribution is -2.38. The molecule has 1 aromatic rings. The topological polar surface area (TPSA) is 81.3 Å². The summed E-state index contributed by atoms with van der Waals surface area (Å²) >= 11 is 0. The summed E-state index contributed by atoms with van der Waals surface area (Å²) in [5.74, 6) is -1.03. The Bertz CT molecular complexity index is 580. The standard InChI is InChI=1S/C12H16N2O4/c1-3-9(11(16)17)5-8-14-10(15)6-7-13(4-2)12(14)18/h5-7H,3-4,8H2,1-2H3,(H,16,17). The van der Waals surface area contributed by atoms with Crippen LogP contribution in [0.3, 0.4) is 0 Å². The summed E-state index contributed by atoms with van der Waals surface area (Å²) in [5, 5.41) is 8.85. The van der Waals surface area contributed by atoms with Crippen molar-refractivity contribution in [2.24, 2.45) is 0 Å². The second-order valence-electron chi connectivity index (χ2n) is 3.72. The van der Waals surface area contributed by atoms with Crippen molar-refractivity contribution in [1.29, 1.82) is 0 Å². The third-order valence-corrected chi connectivity index (χ3v) is 2.66. The number of carboxylic acids is 1. The lowest BCUT2D eigenvalue weighted by Gasteiger charge is -2.06. The molecular formula is C12H16N2O4. The minimum absolute atomic E-state index is 0.0199. The van der Waals surface area contributed by atoms with Crippen LogP contribution in [0.5, 0.6) is 0 Å². The summed E-state index contributed by atoms with van der Waals surface area (Å²) in [6.07, 6.45) is 3.17. The predicted molar refractivity (Wildman–Crippen MR) is 66.6 cm³/mol. The van der Waals surface area contributed by atoms with E-state index in [2.05, 4.69) is 0 Å². The van der Waals surface area contributed by atoms with Gasteiger partial charge in [0.2, 0.25) is 0 Å². The molecule has 18 heavy (non-hydrogen) atoms. The van der Waals surface area contributed by atoms with Crippen LogP contribution in [0.4, 0.5) is 0 Å². The van der Waals surface area contributed by atoms with E-state index >= 15 is 0 Å². The van der Waals surface area contributed by atoms with Gasteiger partial charge in [-0.3, -0.25) is 9.36 Å². The fourth-order valence-electron chi connectivity index (χ4n) is 1.55. The molecule has 0 atom stereocenters. The van der Waals surface area contributed by atoms with E-state index in [0.29, 0.717) is 13.0 Å². The monoisotopic (exact) mass is 252 g/mol. The van der Waals surface area contributed by atoms with Gasteiger partial charge >= 0.3 is 11.7 Å². The van der Waals surface area contributed by atoms with Crippen LogP contribution in [0.1, 0.15) is 20.3 Å². The van der Waals surface area contributed by atoms with E-state index in [1.54, 1.807) is 13.8 Å². The van der Waals surface area contributed by atoms with Crippen LogP contribution in [-0.2, 0) is 17.9 Å². The SMILES string of the molecule is CCC(=CCn1c(=O)ccn(CC)c1=O)C(=O)O. The Kier molecular flexibility index (Phi) is 4.65. The Labute approximate surface area is 104 Å². The Hall–Kier alpha value is -2.11. The zero-order valence-corrected chi connectivity index (χ0v) is 10.4. The highest BCUT2D eigenvalue weighted by Gasteiger charge is 2.06. The van der Waals surface area contributed by atoms with Crippen molar-refractivity contribution in [1.82, 2.24) is 9.13 Å². The molecular weight excluding hydrogens is 236 g/mol. The number of aliphatic carboxylic acids is 1. The van der Waals surface area contributed by atoms with E-state index in [-0.39, 0.29) is 12.1 Å². The molecule has 0 spiro atoms. The number of aryl methyl sites for hydroxylation is 1. The van der Waals surface area contributed by atoms with Crippen molar-refractivity contribution in [3.8, 4) is 0 Å². The van der Waals surface area contributed by atoms with Crippen LogP contribution >= 0.6 is 0 Å². The van der Waals surface area contributed by atoms with Gasteiger partial charge in [0.05, 0.1) is 0 Å². The van der Waals surface area contributed by atoms with Gasteiger partial charge in [0, 0.05) is 30.9 Å². The highest BCUT2D eigenvalue weighted by Crippen LogP contribution is 2.00. The van der Waals surface area contributed by atoms with E-state index in [0.717, 1.165) is 4.57 Å². The summed E-state index contributed by atoms with van der Waals surface area (Å²) in [7, 11) is 0. The normalized spacial score (nSPS) is 11.6. The van der Waals surface area contributed by atoms with Crippen LogP contribution in [0.15, 0.2) is 33.5 Å². The van der Waals surface area contributed by atoms with Crippen LogP contribution in [0.25, 0.3) is 0 Å². The van der Waals surface area contributed by atoms with Gasteiger partial charge < -0.3 is 9.67 Å². The lowest BCUT2D eigenvalue weighted by atomic mass is 10.2. The quantitative estimate of drug-likeness (QED) is 0.771. The van der Waals surface area contributed by atoms with Crippen molar-refractivity contribution in [2.45, 2.75) is 33.4 Å². The van der Waals surface area contributed by atoms with E-state index in [1.165, 1.54) is 22.9 Å². The molecule has 6 heteroatoms. The van der Waals surface area contributed by atoms with Crippen molar-refractivity contribution < 1.29 is 9.90 Å². The van der Waals surface area contributed by atoms with Crippen molar-refractivity contribution in [3.05, 3.63) is 44.8 Å². The third kappa shape index (κ3) is 2.97. The molecule has 0 fully saturated rings. The number of carboxylic acid groups (broad SMARTS) is 1. The number of rotatable bonds is 5. The highest BCUT2D eigenvalue weighted by atomic mass is 16.4. The van der Waals surface area contributed by atoms with Gasteiger partial charge in [-0.2, -0.15) is 0 Å². The Balaban J connectivity index is 3.16. The molecule has 1 rings (SSSR count). The average molecular weight is 252 g/mol. The van der Waals surface area contributed by atoms with Crippen molar-refractivity contribution in [3.63, 3.8) is 0 Å². The zero-order valence-electron chi connectivity index (χ0n) is 10.4. The molecule has 0 unspecified atom stereocenters. The van der Waals surface area contributed by atoms with Gasteiger partial charge in [-0.05, 0) is 13.3 Å². The average Bonchev–Trinajstić information content (AvgIpc) is 2.33. The Morgan fingerprint density at radius 3 is 2.56 bits per heavy atom. The smallest absolute Gasteiger partial charge is 0.331 e. The van der Waals surface area contributed by atoms with E-state index in [9.17, 15) is 14.4 Å². The largest absolute Gasteiger partial charge is 0.478 e. The third-order valence-electron chi connectivity index (χ3n) is 2.66. The van der Waals surface area contributed by atoms with Gasteiger partial charge in [-0.1, -0.05) is 13.0 Å². The number of carbonyl (C=O) groups is 1. The molecule has 1 aromatic heterocycles. The Morgan fingerprint density at radius 2 is 2.06 bits per heavy atom. The molecule has 0 radical (unpaired) electrons. The molecule has 0 aliphatic carbocycles. The summed E-state index contributed by atoms with van der Waals surface area (Å²) in [6.45, 7) is 3.94. The van der Waals surface area contributed by atoms with Crippen LogP contribution in [0, 0.1) is 0 Å². The van der Waals surface area contributed by atoms with Crippen LogP contribution in [-0.4, -0.2) is 20.2 Å². The second kappa shape index (κ2) is 6.00. The molecule has 1 heterocycles. The van der Waals surface area contributed by atoms with Gasteiger partial charge in [-0.25, -0.2) is 9.59 Å². The fourth-order valence-corrected chi connectivity index (χ4v) is 1.55. The Morgan fingerprint density at radius 1 is 1.39 bits per heavy atom. The second-order valence-corrected chi connectivity index (χ2v) is 3.72. The molecule has 6 nitrogen and oxygen atoms in total. The van der Waals surface area contributed by atoms with Crippen LogP contribution < -0.4 is 11.2 Å². The van der Waals surface area contributed by atoms with Crippen molar-refractivity contribution in [2.75, 3.05) is 0 Å². The summed E-state index contributed by atoms with van der Waals surface area (Å²) in [4.78, 5) is 34.2. The van der Waals surface area contributed by atoms with Crippen molar-refractivity contribution >= 4 is 5.97 Å². The molecule has 0 aliphatic heterocycles. The summed E-state index contributed by atoms with van der Waals surface area (Å²) < 4.78 is 2.41. The first-order valence-corrected chi connectivity index (χ1v) is 5.73. The fraction of sp³-hybridized carbons (Fsp3) is 0.417. The molecule has 0 aliphatic rings. The summed E-state index contributed by atoms with van der Waals surface area (Å²) in [6, 6.07) is 1.30. The molecule has 0 saturated carbocycles. The predicted octanol–water partition coefficient (Wildman–Crippen LogP) is 0.451. The summed E-state index contributed by atoms with van der Waals surface area (Å²) in [5.41, 5.74) is -0.669. The highest BCUT2D eigenvalue weighted by molar-refractivity contribution is 5.86. The van der Waals surface area contributed by atoms with E-state index < -0.39 is 17.2 Å². The minimum Gasteiger partial charge on any atom is -0.478 e. The maximum atomic E-state index is 11.8. The van der Waals surface area contributed by atoms with E-state index in [1.807, 2.05) is 0 Å². The molecule has 1 N–H and O–H groups in total.